The number of carbonyl (C=O) groups is 3. The zero-order chi connectivity index (χ0) is 16.6. The van der Waals surface area contributed by atoms with Crippen molar-refractivity contribution in [3.05, 3.63) is 35.4 Å². The van der Waals surface area contributed by atoms with Crippen LogP contribution in [0.3, 0.4) is 0 Å². The zero-order valence-corrected chi connectivity index (χ0v) is 13.6. The molecule has 0 unspecified atom stereocenters. The highest BCUT2D eigenvalue weighted by Gasteiger charge is 2.20. The maximum Gasteiger partial charge on any atom is 0.251 e. The smallest absolute Gasteiger partial charge is 0.251 e. The number of quaternary nitrogens is 1. The summed E-state index contributed by atoms with van der Waals surface area (Å²) >= 11 is 0. The number of rotatable bonds is 9. The van der Waals surface area contributed by atoms with Crippen LogP contribution in [0.1, 0.15) is 41.5 Å². The lowest BCUT2D eigenvalue weighted by molar-refractivity contribution is -0.922. The summed E-state index contributed by atoms with van der Waals surface area (Å²) in [6, 6.07) is 6.12. The highest BCUT2D eigenvalue weighted by atomic mass is 16.2. The fourth-order valence-corrected chi connectivity index (χ4v) is 2.51. The van der Waals surface area contributed by atoms with Crippen LogP contribution in [0.15, 0.2) is 24.3 Å². The summed E-state index contributed by atoms with van der Waals surface area (Å²) in [5.74, 6) is -0.741. The van der Waals surface area contributed by atoms with Gasteiger partial charge < -0.3 is 9.80 Å². The fraction of sp³-hybridized carbons (Fsp3) is 0.471. The molecule has 1 aromatic rings. The highest BCUT2D eigenvalue weighted by Crippen LogP contribution is 2.06. The Kier molecular flexibility index (Phi) is 6.92. The third-order valence-electron chi connectivity index (χ3n) is 4.42. The Bertz CT molecular complexity index is 511. The molecule has 0 bridgehead atoms. The first-order chi connectivity index (χ1) is 10.5. The van der Waals surface area contributed by atoms with Gasteiger partial charge in [0.25, 0.3) is 5.91 Å². The van der Waals surface area contributed by atoms with E-state index in [0.29, 0.717) is 17.7 Å². The number of nitrogens with zero attached hydrogens (tertiary/aromatic N) is 1. The first-order valence-electron chi connectivity index (χ1n) is 7.74. The molecular weight excluding hydrogens is 280 g/mol. The molecule has 0 saturated heterocycles. The minimum Gasteiger partial charge on any atom is -0.346 e. The van der Waals surface area contributed by atoms with Crippen molar-refractivity contribution in [2.45, 2.75) is 20.8 Å². The lowest BCUT2D eigenvalue weighted by Gasteiger charge is -2.35. The molecule has 0 aliphatic carbocycles. The molecule has 1 rings (SSSR count). The summed E-state index contributed by atoms with van der Waals surface area (Å²) in [6.07, 6.45) is 0.271. The van der Waals surface area contributed by atoms with E-state index >= 15 is 0 Å². The van der Waals surface area contributed by atoms with Gasteiger partial charge in [0.1, 0.15) is 0 Å². The van der Waals surface area contributed by atoms with E-state index in [-0.39, 0.29) is 12.2 Å². The minimum atomic E-state index is -0.581. The monoisotopic (exact) mass is 305 g/mol. The standard InChI is InChI=1S/C17H24N2O3/c1-4-19(5-2,6-3)12-11-18-17(22)15-9-7-14(8-10-15)16(21)13-20/h7-10,13H,4-6,11-12H2,1-3H3/p+1. The third kappa shape index (κ3) is 4.49. The van der Waals surface area contributed by atoms with Crippen molar-refractivity contribution in [3.8, 4) is 0 Å². The Morgan fingerprint density at radius 3 is 1.95 bits per heavy atom. The summed E-state index contributed by atoms with van der Waals surface area (Å²) in [5, 5.41) is 2.91. The van der Waals surface area contributed by atoms with Gasteiger partial charge in [-0.25, -0.2) is 0 Å². The SMILES string of the molecule is CC[N+](CC)(CC)CCNC(=O)c1ccc(C(=O)C=O)cc1. The van der Waals surface area contributed by atoms with Gasteiger partial charge in [-0.1, -0.05) is 12.1 Å². The Balaban J connectivity index is 2.59. The summed E-state index contributed by atoms with van der Waals surface area (Å²) in [7, 11) is 0. The van der Waals surface area contributed by atoms with Crippen LogP contribution in [0.4, 0.5) is 0 Å². The molecule has 0 aromatic heterocycles. The molecule has 0 aliphatic rings. The van der Waals surface area contributed by atoms with E-state index in [4.69, 9.17) is 0 Å². The molecule has 0 fully saturated rings. The third-order valence-corrected chi connectivity index (χ3v) is 4.42. The van der Waals surface area contributed by atoms with E-state index in [0.717, 1.165) is 30.7 Å². The van der Waals surface area contributed by atoms with E-state index in [1.165, 1.54) is 12.1 Å². The lowest BCUT2D eigenvalue weighted by Crippen LogP contribution is -2.51. The van der Waals surface area contributed by atoms with Crippen LogP contribution >= 0.6 is 0 Å². The molecule has 1 N–H and O–H groups in total. The van der Waals surface area contributed by atoms with Gasteiger partial charge in [-0.05, 0) is 32.9 Å². The van der Waals surface area contributed by atoms with Gasteiger partial charge in [0, 0.05) is 11.1 Å². The fourth-order valence-electron chi connectivity index (χ4n) is 2.51. The molecule has 120 valence electrons. The number of amides is 1. The van der Waals surface area contributed by atoms with Gasteiger partial charge in [-0.3, -0.25) is 14.4 Å². The van der Waals surface area contributed by atoms with Crippen LogP contribution in [0.25, 0.3) is 0 Å². The summed E-state index contributed by atoms with van der Waals surface area (Å²) in [5.41, 5.74) is 0.787. The van der Waals surface area contributed by atoms with E-state index in [1.54, 1.807) is 12.1 Å². The van der Waals surface area contributed by atoms with E-state index < -0.39 is 5.78 Å². The average molecular weight is 305 g/mol. The highest BCUT2D eigenvalue weighted by molar-refractivity contribution is 6.33. The van der Waals surface area contributed by atoms with E-state index in [9.17, 15) is 14.4 Å². The van der Waals surface area contributed by atoms with Crippen LogP contribution in [-0.2, 0) is 4.79 Å². The number of ketones is 1. The Hall–Kier alpha value is -2.01. The molecule has 0 aliphatic heterocycles. The lowest BCUT2D eigenvalue weighted by atomic mass is 10.1. The number of likely N-dealkylation sites (N-methyl/N-ethyl adjacent to an activating group) is 1. The predicted octanol–water partition coefficient (Wildman–Crippen LogP) is 1.67. The summed E-state index contributed by atoms with van der Waals surface area (Å²) in [6.45, 7) is 11.1. The summed E-state index contributed by atoms with van der Waals surface area (Å²) < 4.78 is 0.979. The second kappa shape index (κ2) is 8.44. The zero-order valence-electron chi connectivity index (χ0n) is 13.6. The number of Topliss-reactive ketones (excluding diaryl/α,β-unsaturated/α-hetero) is 1. The van der Waals surface area contributed by atoms with Crippen molar-refractivity contribution in [1.82, 2.24) is 5.32 Å². The van der Waals surface area contributed by atoms with Crippen LogP contribution in [-0.4, -0.2) is 55.2 Å². The number of carbonyl (C=O) groups excluding carboxylic acids is 3. The molecule has 0 heterocycles. The second-order valence-electron chi connectivity index (χ2n) is 5.33. The molecule has 0 saturated carbocycles. The molecule has 1 aromatic carbocycles. The van der Waals surface area contributed by atoms with Crippen molar-refractivity contribution >= 4 is 18.0 Å². The normalized spacial score (nSPS) is 11.0. The van der Waals surface area contributed by atoms with Gasteiger partial charge in [0.2, 0.25) is 5.78 Å². The molecule has 22 heavy (non-hydrogen) atoms. The van der Waals surface area contributed by atoms with Crippen molar-refractivity contribution in [2.24, 2.45) is 0 Å². The molecule has 1 amide bonds. The average Bonchev–Trinajstić information content (AvgIpc) is 2.58. The van der Waals surface area contributed by atoms with Gasteiger partial charge in [-0.2, -0.15) is 0 Å². The van der Waals surface area contributed by atoms with Crippen molar-refractivity contribution in [3.63, 3.8) is 0 Å². The van der Waals surface area contributed by atoms with Crippen LogP contribution in [0.5, 0.6) is 0 Å². The van der Waals surface area contributed by atoms with Gasteiger partial charge in [0.05, 0.1) is 32.7 Å². The number of aldehydes is 1. The molecular formula is C17H25N2O3+. The van der Waals surface area contributed by atoms with Gasteiger partial charge >= 0.3 is 0 Å². The topological polar surface area (TPSA) is 63.2 Å². The Morgan fingerprint density at radius 2 is 1.50 bits per heavy atom. The molecule has 0 radical (unpaired) electrons. The van der Waals surface area contributed by atoms with E-state index in [2.05, 4.69) is 26.1 Å². The number of hydrogen-bond acceptors (Lipinski definition) is 3. The Morgan fingerprint density at radius 1 is 1.00 bits per heavy atom. The number of hydrogen-bond donors (Lipinski definition) is 1. The minimum absolute atomic E-state index is 0.161. The molecule has 5 nitrogen and oxygen atoms in total. The van der Waals surface area contributed by atoms with Crippen LogP contribution < -0.4 is 5.32 Å². The van der Waals surface area contributed by atoms with Crippen LogP contribution in [0.2, 0.25) is 0 Å². The largest absolute Gasteiger partial charge is 0.346 e. The molecule has 0 spiro atoms. The number of nitrogens with one attached hydrogen (secondary N) is 1. The van der Waals surface area contributed by atoms with E-state index in [1.807, 2.05) is 0 Å². The Labute approximate surface area is 131 Å². The van der Waals surface area contributed by atoms with Crippen LogP contribution in [0, 0.1) is 0 Å². The number of benzene rings is 1. The molecule has 5 heteroatoms. The summed E-state index contributed by atoms with van der Waals surface area (Å²) in [4.78, 5) is 33.7. The maximum absolute atomic E-state index is 12.1. The van der Waals surface area contributed by atoms with Gasteiger partial charge in [0.15, 0.2) is 6.29 Å². The van der Waals surface area contributed by atoms with Crippen molar-refractivity contribution in [1.29, 1.82) is 0 Å². The quantitative estimate of drug-likeness (QED) is 0.327. The molecule has 0 atom stereocenters. The van der Waals surface area contributed by atoms with Crippen molar-refractivity contribution in [2.75, 3.05) is 32.7 Å². The van der Waals surface area contributed by atoms with Gasteiger partial charge in [-0.15, -0.1) is 0 Å². The first kappa shape index (κ1) is 18.0. The predicted molar refractivity (Wildman–Crippen MR) is 85.9 cm³/mol. The maximum atomic E-state index is 12.1. The first-order valence-corrected chi connectivity index (χ1v) is 7.74. The second-order valence-corrected chi connectivity index (χ2v) is 5.33. The van der Waals surface area contributed by atoms with Crippen molar-refractivity contribution < 1.29 is 18.9 Å².